The van der Waals surface area contributed by atoms with Crippen molar-refractivity contribution < 1.29 is 9.90 Å². The van der Waals surface area contributed by atoms with E-state index in [2.05, 4.69) is 21.2 Å². The van der Waals surface area contributed by atoms with Crippen LogP contribution in [0, 0.1) is 5.92 Å². The molecule has 0 saturated heterocycles. The number of aromatic hydroxyl groups is 1. The summed E-state index contributed by atoms with van der Waals surface area (Å²) in [4.78, 5) is 11.7. The number of phenols is 1. The second-order valence-electron chi connectivity index (χ2n) is 3.63. The lowest BCUT2D eigenvalue weighted by atomic mass is 10.1. The third kappa shape index (κ3) is 3.68. The Kier molecular flexibility index (Phi) is 5.09. The molecule has 0 aromatic heterocycles. The van der Waals surface area contributed by atoms with Crippen LogP contribution in [0.2, 0.25) is 0 Å². The van der Waals surface area contributed by atoms with E-state index in [1.807, 2.05) is 6.92 Å². The highest BCUT2D eigenvalue weighted by atomic mass is 79.9. The van der Waals surface area contributed by atoms with E-state index < -0.39 is 0 Å². The van der Waals surface area contributed by atoms with Crippen molar-refractivity contribution in [2.24, 2.45) is 5.92 Å². The van der Waals surface area contributed by atoms with Gasteiger partial charge in [-0.1, -0.05) is 22.9 Å². The average molecular weight is 307 g/mol. The third-order valence-electron chi connectivity index (χ3n) is 2.08. The van der Waals surface area contributed by atoms with Crippen molar-refractivity contribution in [3.05, 3.63) is 28.2 Å². The fraction of sp³-hybridized carbons (Fsp3) is 0.364. The Morgan fingerprint density at radius 3 is 2.88 bits per heavy atom. The monoisotopic (exact) mass is 305 g/mol. The summed E-state index contributed by atoms with van der Waals surface area (Å²) in [6.45, 7) is 2.44. The predicted octanol–water partition coefficient (Wildman–Crippen LogP) is 2.76. The summed E-state index contributed by atoms with van der Waals surface area (Å²) >= 11 is 8.84. The molecule has 0 aliphatic heterocycles. The van der Waals surface area contributed by atoms with Crippen LogP contribution in [0.15, 0.2) is 22.7 Å². The minimum absolute atomic E-state index is 0.0367. The van der Waals surface area contributed by atoms with Gasteiger partial charge in [0.1, 0.15) is 5.75 Å². The minimum Gasteiger partial charge on any atom is -0.507 e. The Morgan fingerprint density at radius 1 is 1.62 bits per heavy atom. The highest BCUT2D eigenvalue weighted by Gasteiger charge is 2.11. The molecular weight excluding hydrogens is 293 g/mol. The number of rotatable bonds is 4. The van der Waals surface area contributed by atoms with Gasteiger partial charge in [0.2, 0.25) is 0 Å². The van der Waals surface area contributed by atoms with Crippen molar-refractivity contribution in [1.82, 2.24) is 5.32 Å². The molecule has 1 atom stereocenters. The van der Waals surface area contributed by atoms with E-state index in [9.17, 15) is 9.90 Å². The van der Waals surface area contributed by atoms with Gasteiger partial charge in [0.05, 0.1) is 5.56 Å². The molecule has 1 amide bonds. The maximum Gasteiger partial charge on any atom is 0.255 e. The number of halogens is 2. The zero-order valence-corrected chi connectivity index (χ0v) is 11.2. The van der Waals surface area contributed by atoms with Crippen LogP contribution in [0.3, 0.4) is 0 Å². The maximum absolute atomic E-state index is 11.7. The molecule has 0 radical (unpaired) electrons. The molecular formula is C11H13BrClNO2. The number of benzene rings is 1. The van der Waals surface area contributed by atoms with E-state index in [1.165, 1.54) is 6.07 Å². The summed E-state index contributed by atoms with van der Waals surface area (Å²) in [5.74, 6) is 0.377. The minimum atomic E-state index is -0.290. The Morgan fingerprint density at radius 2 is 2.31 bits per heavy atom. The summed E-state index contributed by atoms with van der Waals surface area (Å²) in [6, 6.07) is 4.76. The van der Waals surface area contributed by atoms with E-state index in [4.69, 9.17) is 11.6 Å². The Bertz CT molecular complexity index is 384. The zero-order valence-electron chi connectivity index (χ0n) is 8.84. The van der Waals surface area contributed by atoms with Gasteiger partial charge in [-0.05, 0) is 24.1 Å². The summed E-state index contributed by atoms with van der Waals surface area (Å²) in [5.41, 5.74) is 0.268. The lowest BCUT2D eigenvalue weighted by Gasteiger charge is -2.10. The summed E-state index contributed by atoms with van der Waals surface area (Å²) in [6.07, 6.45) is 0. The molecule has 1 aromatic carbocycles. The van der Waals surface area contributed by atoms with Crippen LogP contribution >= 0.6 is 27.5 Å². The van der Waals surface area contributed by atoms with Crippen LogP contribution in [0.4, 0.5) is 0 Å². The molecule has 0 fully saturated rings. The average Bonchev–Trinajstić information content (AvgIpc) is 2.25. The van der Waals surface area contributed by atoms with Crippen molar-refractivity contribution >= 4 is 33.4 Å². The fourth-order valence-electron chi connectivity index (χ4n) is 1.11. The molecule has 0 saturated carbocycles. The number of phenolic OH excluding ortho intramolecular Hbond substituents is 1. The van der Waals surface area contributed by atoms with Gasteiger partial charge in [-0.2, -0.15) is 0 Å². The first-order chi connectivity index (χ1) is 7.54. The third-order valence-corrected chi connectivity index (χ3v) is 3.10. The molecule has 1 unspecified atom stereocenters. The lowest BCUT2D eigenvalue weighted by Crippen LogP contribution is -2.28. The van der Waals surface area contributed by atoms with E-state index >= 15 is 0 Å². The van der Waals surface area contributed by atoms with Gasteiger partial charge in [-0.25, -0.2) is 0 Å². The zero-order chi connectivity index (χ0) is 12.1. The van der Waals surface area contributed by atoms with Crippen molar-refractivity contribution in [1.29, 1.82) is 0 Å². The number of alkyl halides is 1. The van der Waals surface area contributed by atoms with Crippen LogP contribution in [0.1, 0.15) is 17.3 Å². The number of hydrogen-bond donors (Lipinski definition) is 2. The topological polar surface area (TPSA) is 49.3 Å². The second-order valence-corrected chi connectivity index (χ2v) is 4.86. The highest BCUT2D eigenvalue weighted by Crippen LogP contribution is 2.22. The van der Waals surface area contributed by atoms with E-state index in [0.29, 0.717) is 12.4 Å². The van der Waals surface area contributed by atoms with Gasteiger partial charge < -0.3 is 10.4 Å². The SMILES string of the molecule is CC(CCl)CNC(=O)c1ccc(Br)cc1O. The van der Waals surface area contributed by atoms with E-state index in [0.717, 1.165) is 4.47 Å². The molecule has 1 aromatic rings. The van der Waals surface area contributed by atoms with Crippen LogP contribution in [0.5, 0.6) is 5.75 Å². The summed E-state index contributed by atoms with van der Waals surface area (Å²) in [5, 5.41) is 12.3. The molecule has 0 bridgehead atoms. The Labute approximate surface area is 108 Å². The van der Waals surface area contributed by atoms with Gasteiger partial charge in [0, 0.05) is 16.9 Å². The predicted molar refractivity (Wildman–Crippen MR) is 68.0 cm³/mol. The number of carbonyl (C=O) groups is 1. The first-order valence-electron chi connectivity index (χ1n) is 4.87. The van der Waals surface area contributed by atoms with Crippen LogP contribution < -0.4 is 5.32 Å². The lowest BCUT2D eigenvalue weighted by molar-refractivity contribution is 0.0946. The molecule has 88 valence electrons. The van der Waals surface area contributed by atoms with E-state index in [1.54, 1.807) is 12.1 Å². The molecule has 2 N–H and O–H groups in total. The molecule has 0 spiro atoms. The molecule has 0 aliphatic carbocycles. The summed E-state index contributed by atoms with van der Waals surface area (Å²) in [7, 11) is 0. The Balaban J connectivity index is 2.66. The molecule has 5 heteroatoms. The van der Waals surface area contributed by atoms with Gasteiger partial charge in [0.25, 0.3) is 5.91 Å². The number of hydrogen-bond acceptors (Lipinski definition) is 2. The van der Waals surface area contributed by atoms with Crippen molar-refractivity contribution in [2.45, 2.75) is 6.92 Å². The maximum atomic E-state index is 11.7. The van der Waals surface area contributed by atoms with Crippen LogP contribution in [-0.2, 0) is 0 Å². The van der Waals surface area contributed by atoms with Crippen molar-refractivity contribution in [3.63, 3.8) is 0 Å². The van der Waals surface area contributed by atoms with Crippen molar-refractivity contribution in [2.75, 3.05) is 12.4 Å². The van der Waals surface area contributed by atoms with E-state index in [-0.39, 0.29) is 23.1 Å². The van der Waals surface area contributed by atoms with Gasteiger partial charge >= 0.3 is 0 Å². The normalized spacial score (nSPS) is 12.2. The van der Waals surface area contributed by atoms with Gasteiger partial charge in [0.15, 0.2) is 0 Å². The first-order valence-corrected chi connectivity index (χ1v) is 6.20. The largest absolute Gasteiger partial charge is 0.507 e. The van der Waals surface area contributed by atoms with Crippen LogP contribution in [-0.4, -0.2) is 23.4 Å². The quantitative estimate of drug-likeness (QED) is 0.840. The number of amides is 1. The second kappa shape index (κ2) is 6.11. The number of carbonyl (C=O) groups excluding carboxylic acids is 1. The first kappa shape index (κ1) is 13.3. The highest BCUT2D eigenvalue weighted by molar-refractivity contribution is 9.10. The standard InChI is InChI=1S/C11H13BrClNO2/c1-7(5-13)6-14-11(16)9-3-2-8(12)4-10(9)15/h2-4,7,15H,5-6H2,1H3,(H,14,16). The molecule has 16 heavy (non-hydrogen) atoms. The summed E-state index contributed by atoms with van der Waals surface area (Å²) < 4.78 is 0.732. The Hall–Kier alpha value is -0.740. The van der Waals surface area contributed by atoms with Crippen molar-refractivity contribution in [3.8, 4) is 5.75 Å². The number of nitrogens with one attached hydrogen (secondary N) is 1. The molecule has 3 nitrogen and oxygen atoms in total. The smallest absolute Gasteiger partial charge is 0.255 e. The molecule has 0 heterocycles. The van der Waals surface area contributed by atoms with Gasteiger partial charge in [-0.3, -0.25) is 4.79 Å². The molecule has 1 rings (SSSR count). The molecule has 0 aliphatic rings. The van der Waals surface area contributed by atoms with Gasteiger partial charge in [-0.15, -0.1) is 11.6 Å². The fourth-order valence-corrected chi connectivity index (χ4v) is 1.57. The van der Waals surface area contributed by atoms with Crippen LogP contribution in [0.25, 0.3) is 0 Å².